The molecule has 0 bridgehead atoms. The van der Waals surface area contributed by atoms with Crippen molar-refractivity contribution in [1.29, 1.82) is 0 Å². The van der Waals surface area contributed by atoms with E-state index in [0.29, 0.717) is 33.0 Å². The van der Waals surface area contributed by atoms with Gasteiger partial charge < -0.3 is 33.4 Å². The maximum Gasteiger partial charge on any atom is 0.226 e. The van der Waals surface area contributed by atoms with Gasteiger partial charge in [0.15, 0.2) is 0 Å². The minimum absolute atomic E-state index is 0.259. The molecule has 0 unspecified atom stereocenters. The summed E-state index contributed by atoms with van der Waals surface area (Å²) in [4.78, 5) is 3.45. The Balaban J connectivity index is 1.21. The molecule has 2 aliphatic heterocycles. The van der Waals surface area contributed by atoms with Crippen molar-refractivity contribution < 1.29 is 28.4 Å². The lowest BCUT2D eigenvalue weighted by molar-refractivity contribution is -0.387. The van der Waals surface area contributed by atoms with Crippen LogP contribution in [-0.4, -0.2) is 36.0 Å². The van der Waals surface area contributed by atoms with E-state index in [1.807, 2.05) is 79.0 Å². The van der Waals surface area contributed by atoms with E-state index in [9.17, 15) is 0 Å². The highest BCUT2D eigenvalue weighted by Gasteiger charge is 2.61. The molecule has 1 fully saturated rings. The van der Waals surface area contributed by atoms with E-state index >= 15 is 0 Å². The number of aryl methyl sites for hydroxylation is 1. The average molecular weight is 682 g/mol. The number of hydrogen-bond acceptors (Lipinski definition) is 6. The van der Waals surface area contributed by atoms with Gasteiger partial charge in [0.05, 0.1) is 39.6 Å². The smallest absolute Gasteiger partial charge is 0.226 e. The Labute approximate surface area is 299 Å². The Bertz CT molecular complexity index is 2000. The van der Waals surface area contributed by atoms with Crippen molar-refractivity contribution in [2.45, 2.75) is 70.2 Å². The normalized spacial score (nSPS) is 22.8. The largest absolute Gasteiger partial charge is 0.374 e. The van der Waals surface area contributed by atoms with Gasteiger partial charge in [0, 0.05) is 22.7 Å². The molecule has 1 N–H and O–H groups in total. The molecule has 51 heavy (non-hydrogen) atoms. The molecule has 8 rings (SSSR count). The Kier molecular flexibility index (Phi) is 10.1. The second-order valence-corrected chi connectivity index (χ2v) is 13.4. The van der Waals surface area contributed by atoms with Crippen LogP contribution in [-0.2, 0) is 67.2 Å². The Morgan fingerprint density at radius 1 is 0.647 bits per heavy atom. The number of H-pyrrole nitrogens is 1. The molecule has 5 atom stereocenters. The van der Waals surface area contributed by atoms with Crippen LogP contribution in [0.3, 0.4) is 0 Å². The predicted molar refractivity (Wildman–Crippen MR) is 196 cm³/mol. The molecule has 0 aliphatic carbocycles. The zero-order valence-electron chi connectivity index (χ0n) is 28.8. The molecule has 7 heteroatoms. The number of nitrogens with one attached hydrogen (secondary N) is 1. The molecular weight excluding hydrogens is 638 g/mol. The summed E-state index contributed by atoms with van der Waals surface area (Å²) in [5, 5.41) is 1.16. The number of benzene rings is 5. The van der Waals surface area contributed by atoms with Crippen LogP contribution in [0.15, 0.2) is 140 Å². The molecule has 1 spiro atoms. The fraction of sp³-hybridized carbons (Fsp3) is 0.273. The predicted octanol–water partition coefficient (Wildman–Crippen LogP) is 8.53. The zero-order chi connectivity index (χ0) is 34.5. The van der Waals surface area contributed by atoms with Crippen molar-refractivity contribution in [3.63, 3.8) is 0 Å². The lowest BCUT2D eigenvalue weighted by Crippen LogP contribution is -2.65. The van der Waals surface area contributed by atoms with Crippen LogP contribution in [0, 0.1) is 6.92 Å². The molecule has 5 aromatic carbocycles. The van der Waals surface area contributed by atoms with Gasteiger partial charge in [-0.25, -0.2) is 0 Å². The van der Waals surface area contributed by atoms with Crippen molar-refractivity contribution in [3.05, 3.63) is 179 Å². The molecule has 2 aliphatic rings. The first-order valence-electron chi connectivity index (χ1n) is 17.7. The van der Waals surface area contributed by atoms with Gasteiger partial charge in [0.25, 0.3) is 0 Å². The fourth-order valence-electron chi connectivity index (χ4n) is 7.23. The third-order valence-electron chi connectivity index (χ3n) is 9.86. The number of aromatic amines is 1. The molecule has 0 saturated carbocycles. The number of fused-ring (bicyclic) bond motifs is 3. The summed E-state index contributed by atoms with van der Waals surface area (Å²) in [5.74, 6) is -1.29. The van der Waals surface area contributed by atoms with E-state index in [2.05, 4.69) is 72.6 Å². The van der Waals surface area contributed by atoms with Gasteiger partial charge >= 0.3 is 0 Å². The summed E-state index contributed by atoms with van der Waals surface area (Å²) in [7, 11) is 0. The zero-order valence-corrected chi connectivity index (χ0v) is 28.8. The first-order chi connectivity index (χ1) is 25.2. The Morgan fingerprint density at radius 2 is 1.18 bits per heavy atom. The number of hydrogen-bond donors (Lipinski definition) is 1. The standard InChI is InChI=1S/C44H43NO6/c1-31-24-45-39-23-38-36(22-37(31)39)29-50-44(38)43(49-28-35-20-12-5-13-21-35)42(48-27-34-18-10-4-11-19-34)41(47-26-33-16-8-3-9-17-33)40(51-44)30-46-25-32-14-6-2-7-15-32/h2-24,40-43,45H,25-30H2,1H3/t40-,41-,42+,43-,44+/m1/s1. The second-order valence-electron chi connectivity index (χ2n) is 13.4. The van der Waals surface area contributed by atoms with E-state index in [1.165, 1.54) is 5.56 Å². The summed E-state index contributed by atoms with van der Waals surface area (Å²) < 4.78 is 41.4. The van der Waals surface area contributed by atoms with E-state index in [0.717, 1.165) is 44.3 Å². The van der Waals surface area contributed by atoms with Crippen molar-refractivity contribution in [3.8, 4) is 0 Å². The van der Waals surface area contributed by atoms with Gasteiger partial charge in [-0.2, -0.15) is 0 Å². The minimum atomic E-state index is -1.29. The Hall–Kier alpha value is -4.60. The first-order valence-corrected chi connectivity index (χ1v) is 17.7. The summed E-state index contributed by atoms with van der Waals surface area (Å²) in [5.41, 5.74) is 8.41. The minimum Gasteiger partial charge on any atom is -0.374 e. The monoisotopic (exact) mass is 681 g/mol. The van der Waals surface area contributed by atoms with Gasteiger partial charge in [0.2, 0.25) is 5.79 Å². The fourth-order valence-corrected chi connectivity index (χ4v) is 7.23. The van der Waals surface area contributed by atoms with Crippen LogP contribution in [0.1, 0.15) is 38.9 Å². The van der Waals surface area contributed by atoms with Crippen molar-refractivity contribution >= 4 is 10.9 Å². The lowest BCUT2D eigenvalue weighted by atomic mass is 9.86. The molecule has 1 saturated heterocycles. The summed E-state index contributed by atoms with van der Waals surface area (Å²) in [6, 6.07) is 45.1. The number of aromatic nitrogens is 1. The topological polar surface area (TPSA) is 71.2 Å². The van der Waals surface area contributed by atoms with Crippen molar-refractivity contribution in [2.24, 2.45) is 0 Å². The van der Waals surface area contributed by atoms with Gasteiger partial charge in [-0.15, -0.1) is 0 Å². The van der Waals surface area contributed by atoms with Gasteiger partial charge in [-0.3, -0.25) is 0 Å². The highest BCUT2D eigenvalue weighted by Crippen LogP contribution is 2.50. The molecule has 1 aromatic heterocycles. The van der Waals surface area contributed by atoms with Gasteiger partial charge in [-0.05, 0) is 52.4 Å². The van der Waals surface area contributed by atoms with E-state index in [1.54, 1.807) is 0 Å². The van der Waals surface area contributed by atoms with Gasteiger partial charge in [0.1, 0.15) is 24.4 Å². The summed E-state index contributed by atoms with van der Waals surface area (Å²) in [6.45, 7) is 4.24. The molecule has 3 heterocycles. The third kappa shape index (κ3) is 7.28. The SMILES string of the molecule is Cc1c[nH]c2cc3c(cc12)CO[C@]31O[C@H](COCc2ccccc2)[C@@H](OCc2ccccc2)[C@H](OCc2ccccc2)[C@H]1OCc1ccccc1. The van der Waals surface area contributed by atoms with E-state index in [4.69, 9.17) is 28.4 Å². The molecule has 0 radical (unpaired) electrons. The van der Waals surface area contributed by atoms with E-state index < -0.39 is 30.2 Å². The average Bonchev–Trinajstić information content (AvgIpc) is 3.73. The molecule has 260 valence electrons. The van der Waals surface area contributed by atoms with Crippen LogP contribution in [0.25, 0.3) is 10.9 Å². The maximum absolute atomic E-state index is 7.25. The summed E-state index contributed by atoms with van der Waals surface area (Å²) in [6.07, 6.45) is -0.356. The quantitative estimate of drug-likeness (QED) is 0.132. The summed E-state index contributed by atoms with van der Waals surface area (Å²) >= 11 is 0. The molecular formula is C44H43NO6. The number of rotatable bonds is 13. The molecule has 7 nitrogen and oxygen atoms in total. The van der Waals surface area contributed by atoms with Crippen LogP contribution in [0.4, 0.5) is 0 Å². The second kappa shape index (κ2) is 15.3. The highest BCUT2D eigenvalue weighted by atomic mass is 16.7. The van der Waals surface area contributed by atoms with Crippen LogP contribution in [0.5, 0.6) is 0 Å². The van der Waals surface area contributed by atoms with Crippen molar-refractivity contribution in [1.82, 2.24) is 4.98 Å². The van der Waals surface area contributed by atoms with Crippen LogP contribution >= 0.6 is 0 Å². The van der Waals surface area contributed by atoms with Crippen LogP contribution in [0.2, 0.25) is 0 Å². The first kappa shape index (κ1) is 33.5. The van der Waals surface area contributed by atoms with Crippen molar-refractivity contribution in [2.75, 3.05) is 6.61 Å². The number of ether oxygens (including phenoxy) is 6. The van der Waals surface area contributed by atoms with E-state index in [-0.39, 0.29) is 6.61 Å². The van der Waals surface area contributed by atoms with Gasteiger partial charge in [-0.1, -0.05) is 121 Å². The highest BCUT2D eigenvalue weighted by molar-refractivity contribution is 5.85. The third-order valence-corrected chi connectivity index (χ3v) is 9.86. The Morgan fingerprint density at radius 3 is 1.76 bits per heavy atom. The lowest BCUT2D eigenvalue weighted by Gasteiger charge is -2.51. The van der Waals surface area contributed by atoms with Crippen LogP contribution < -0.4 is 0 Å². The maximum atomic E-state index is 7.25. The molecule has 0 amide bonds. The molecule has 6 aromatic rings.